The highest BCUT2D eigenvalue weighted by atomic mass is 16.5. The Morgan fingerprint density at radius 2 is 1.61 bits per heavy atom. The number of benzene rings is 3. The van der Waals surface area contributed by atoms with Crippen molar-refractivity contribution in [3.05, 3.63) is 107 Å². The number of ketones is 1. The lowest BCUT2D eigenvalue weighted by molar-refractivity contribution is 0.0371. The normalized spacial score (nSPS) is 13.9. The standard InChI is InChI=1S/C36H41N5O3/c1-25-30(7-5-8-31(25)39-35(43)28-14-16-29(17-15-28)36(2,3)4)34-38-24-37-33(40-34)23-26-10-12-27(13-11-26)32(42)9-6-18-41-19-21-44-22-20-41/h5,7-8,10-17,24H,6,9,18-23H2,1-4H3,(H,39,43). The average molecular weight is 592 g/mol. The Hall–Kier alpha value is -4.27. The fourth-order valence-electron chi connectivity index (χ4n) is 5.30. The van der Waals surface area contributed by atoms with Crippen molar-refractivity contribution in [2.45, 2.75) is 52.4 Å². The molecule has 0 unspecified atom stereocenters. The molecular weight excluding hydrogens is 550 g/mol. The Labute approximate surface area is 259 Å². The number of carbonyl (C=O) groups is 2. The first-order valence-electron chi connectivity index (χ1n) is 15.3. The third-order valence-corrected chi connectivity index (χ3v) is 8.08. The van der Waals surface area contributed by atoms with Crippen LogP contribution in [0, 0.1) is 6.92 Å². The number of aromatic nitrogens is 3. The number of nitrogens with zero attached hydrogens (tertiary/aromatic N) is 4. The second-order valence-corrected chi connectivity index (χ2v) is 12.3. The van der Waals surface area contributed by atoms with E-state index in [2.05, 4.69) is 41.0 Å². The molecule has 8 nitrogen and oxygen atoms in total. The highest BCUT2D eigenvalue weighted by molar-refractivity contribution is 6.05. The third-order valence-electron chi connectivity index (χ3n) is 8.08. The number of hydrogen-bond acceptors (Lipinski definition) is 7. The summed E-state index contributed by atoms with van der Waals surface area (Å²) in [5, 5.41) is 3.05. The fourth-order valence-corrected chi connectivity index (χ4v) is 5.30. The lowest BCUT2D eigenvalue weighted by atomic mass is 9.86. The fraction of sp³-hybridized carbons (Fsp3) is 0.361. The van der Waals surface area contributed by atoms with Gasteiger partial charge < -0.3 is 10.1 Å². The molecule has 228 valence electrons. The minimum absolute atomic E-state index is 0.0228. The second kappa shape index (κ2) is 14.0. The van der Waals surface area contributed by atoms with E-state index in [1.165, 1.54) is 11.9 Å². The Kier molecular flexibility index (Phi) is 9.92. The van der Waals surface area contributed by atoms with E-state index in [1.54, 1.807) is 0 Å². The van der Waals surface area contributed by atoms with Crippen LogP contribution >= 0.6 is 0 Å². The van der Waals surface area contributed by atoms with E-state index in [0.29, 0.717) is 35.7 Å². The number of nitrogens with one attached hydrogen (secondary N) is 1. The van der Waals surface area contributed by atoms with Crippen molar-refractivity contribution in [2.24, 2.45) is 0 Å². The van der Waals surface area contributed by atoms with E-state index in [9.17, 15) is 9.59 Å². The molecule has 1 aliphatic heterocycles. The molecule has 1 fully saturated rings. The number of ether oxygens (including phenoxy) is 1. The van der Waals surface area contributed by atoms with Gasteiger partial charge in [0.05, 0.1) is 13.2 Å². The van der Waals surface area contributed by atoms with Crippen molar-refractivity contribution in [2.75, 3.05) is 38.2 Å². The Balaban J connectivity index is 1.21. The van der Waals surface area contributed by atoms with Crippen molar-refractivity contribution in [3.63, 3.8) is 0 Å². The van der Waals surface area contributed by atoms with Crippen LogP contribution in [0.4, 0.5) is 5.69 Å². The topological polar surface area (TPSA) is 97.3 Å². The van der Waals surface area contributed by atoms with E-state index in [1.807, 2.05) is 73.7 Å². The van der Waals surface area contributed by atoms with Crippen LogP contribution in [0.2, 0.25) is 0 Å². The molecule has 0 radical (unpaired) electrons. The van der Waals surface area contributed by atoms with Gasteiger partial charge in [-0.15, -0.1) is 0 Å². The van der Waals surface area contributed by atoms with Crippen LogP contribution in [0.15, 0.2) is 73.1 Å². The summed E-state index contributed by atoms with van der Waals surface area (Å²) >= 11 is 0. The van der Waals surface area contributed by atoms with Crippen LogP contribution < -0.4 is 5.32 Å². The first-order chi connectivity index (χ1) is 21.2. The zero-order valence-electron chi connectivity index (χ0n) is 26.1. The van der Waals surface area contributed by atoms with E-state index in [0.717, 1.165) is 61.5 Å². The number of hydrogen-bond donors (Lipinski definition) is 1. The van der Waals surface area contributed by atoms with Gasteiger partial charge in [0.1, 0.15) is 12.2 Å². The van der Waals surface area contributed by atoms with Crippen LogP contribution in [0.5, 0.6) is 0 Å². The van der Waals surface area contributed by atoms with Crippen molar-refractivity contribution in [1.29, 1.82) is 0 Å². The summed E-state index contributed by atoms with van der Waals surface area (Å²) in [7, 11) is 0. The van der Waals surface area contributed by atoms with Gasteiger partial charge in [-0.25, -0.2) is 15.0 Å². The minimum Gasteiger partial charge on any atom is -0.379 e. The maximum atomic E-state index is 13.0. The zero-order valence-corrected chi connectivity index (χ0v) is 26.1. The third kappa shape index (κ3) is 8.01. The molecule has 0 aliphatic carbocycles. The molecule has 1 amide bonds. The molecule has 1 aliphatic rings. The van der Waals surface area contributed by atoms with Crippen LogP contribution in [-0.4, -0.2) is 64.4 Å². The van der Waals surface area contributed by atoms with Crippen LogP contribution in [-0.2, 0) is 16.6 Å². The predicted octanol–water partition coefficient (Wildman–Crippen LogP) is 6.28. The molecule has 1 N–H and O–H groups in total. The van der Waals surface area contributed by atoms with Crippen molar-refractivity contribution in [3.8, 4) is 11.4 Å². The smallest absolute Gasteiger partial charge is 0.255 e. The van der Waals surface area contributed by atoms with Gasteiger partial charge in [-0.3, -0.25) is 14.5 Å². The predicted molar refractivity (Wildman–Crippen MR) is 173 cm³/mol. The van der Waals surface area contributed by atoms with Gasteiger partial charge in [0, 0.05) is 48.3 Å². The Bertz CT molecular complexity index is 1590. The molecule has 4 aromatic rings. The summed E-state index contributed by atoms with van der Waals surface area (Å²) in [6.07, 6.45) is 3.42. The van der Waals surface area contributed by atoms with E-state index in [4.69, 9.17) is 9.72 Å². The molecular formula is C36H41N5O3. The number of amides is 1. The lowest BCUT2D eigenvalue weighted by Crippen LogP contribution is -2.36. The van der Waals surface area contributed by atoms with Gasteiger partial charge in [-0.1, -0.05) is 69.3 Å². The van der Waals surface area contributed by atoms with Crippen molar-refractivity contribution in [1.82, 2.24) is 19.9 Å². The summed E-state index contributed by atoms with van der Waals surface area (Å²) in [4.78, 5) is 41.7. The highest BCUT2D eigenvalue weighted by Gasteiger charge is 2.17. The van der Waals surface area contributed by atoms with E-state index < -0.39 is 0 Å². The molecule has 1 saturated heterocycles. The maximum absolute atomic E-state index is 13.0. The largest absolute Gasteiger partial charge is 0.379 e. The van der Waals surface area contributed by atoms with Gasteiger partial charge in [0.15, 0.2) is 11.6 Å². The van der Waals surface area contributed by atoms with E-state index in [-0.39, 0.29) is 17.1 Å². The average Bonchev–Trinajstić information content (AvgIpc) is 3.02. The number of morpholine rings is 1. The number of anilines is 1. The number of rotatable bonds is 10. The number of Topliss-reactive ketones (excluding diaryl/α,β-unsaturated/α-hetero) is 1. The van der Waals surface area contributed by atoms with Crippen molar-refractivity contribution >= 4 is 17.4 Å². The molecule has 0 spiro atoms. The number of carbonyl (C=O) groups excluding carboxylic acids is 2. The quantitative estimate of drug-likeness (QED) is 0.217. The summed E-state index contributed by atoms with van der Waals surface area (Å²) in [5.74, 6) is 1.18. The van der Waals surface area contributed by atoms with Gasteiger partial charge in [0.25, 0.3) is 5.91 Å². The monoisotopic (exact) mass is 591 g/mol. The van der Waals surface area contributed by atoms with Crippen LogP contribution in [0.3, 0.4) is 0 Å². The Morgan fingerprint density at radius 3 is 2.32 bits per heavy atom. The molecule has 0 atom stereocenters. The molecule has 8 heteroatoms. The summed E-state index contributed by atoms with van der Waals surface area (Å²) in [5.41, 5.74) is 5.96. The van der Waals surface area contributed by atoms with Gasteiger partial charge >= 0.3 is 0 Å². The molecule has 0 bridgehead atoms. The van der Waals surface area contributed by atoms with Crippen LogP contribution in [0.25, 0.3) is 11.4 Å². The van der Waals surface area contributed by atoms with Gasteiger partial charge in [0.2, 0.25) is 0 Å². The molecule has 0 saturated carbocycles. The maximum Gasteiger partial charge on any atom is 0.255 e. The lowest BCUT2D eigenvalue weighted by Gasteiger charge is -2.26. The first-order valence-corrected chi connectivity index (χ1v) is 15.3. The van der Waals surface area contributed by atoms with Crippen LogP contribution in [0.1, 0.15) is 76.8 Å². The molecule has 2 heterocycles. The van der Waals surface area contributed by atoms with E-state index >= 15 is 0 Å². The minimum atomic E-state index is -0.166. The SMILES string of the molecule is Cc1c(NC(=O)c2ccc(C(C)(C)C)cc2)cccc1-c1ncnc(Cc2ccc(C(=O)CCCN3CCOCC3)cc2)n1. The summed E-state index contributed by atoms with van der Waals surface area (Å²) < 4.78 is 5.39. The summed E-state index contributed by atoms with van der Waals surface area (Å²) in [6.45, 7) is 12.8. The van der Waals surface area contributed by atoms with Crippen molar-refractivity contribution < 1.29 is 14.3 Å². The van der Waals surface area contributed by atoms with Gasteiger partial charge in [-0.2, -0.15) is 0 Å². The Morgan fingerprint density at radius 1 is 0.909 bits per heavy atom. The first kappa shape index (κ1) is 31.2. The molecule has 1 aromatic heterocycles. The molecule has 3 aromatic carbocycles. The second-order valence-electron chi connectivity index (χ2n) is 12.3. The molecule has 5 rings (SSSR count). The van der Waals surface area contributed by atoms with Gasteiger partial charge in [-0.05, 0) is 60.2 Å². The summed E-state index contributed by atoms with van der Waals surface area (Å²) in [6, 6.07) is 21.2. The highest BCUT2D eigenvalue weighted by Crippen LogP contribution is 2.27. The zero-order chi connectivity index (χ0) is 31.1. The molecule has 44 heavy (non-hydrogen) atoms.